The van der Waals surface area contributed by atoms with Crippen LogP contribution in [0.5, 0.6) is 0 Å². The number of nitrogens with one attached hydrogen (secondary N) is 2. The fraction of sp³-hybridized carbons (Fsp3) is 0.208. The number of hydrogen-bond donors (Lipinski definition) is 2. The number of fused-ring (bicyclic) bond motifs is 1. The van der Waals surface area contributed by atoms with Crippen LogP contribution in [0.25, 0.3) is 0 Å². The van der Waals surface area contributed by atoms with Crippen molar-refractivity contribution in [3.8, 4) is 0 Å². The molecule has 8 heteroatoms. The molecule has 0 saturated heterocycles. The monoisotopic (exact) mass is 451 g/mol. The van der Waals surface area contributed by atoms with Crippen molar-refractivity contribution in [1.29, 1.82) is 0 Å². The van der Waals surface area contributed by atoms with E-state index >= 15 is 0 Å². The van der Waals surface area contributed by atoms with Crippen molar-refractivity contribution in [2.75, 3.05) is 23.3 Å². The van der Waals surface area contributed by atoms with E-state index in [9.17, 15) is 18.8 Å². The van der Waals surface area contributed by atoms with Gasteiger partial charge in [-0.05, 0) is 73.9 Å². The third kappa shape index (κ3) is 4.70. The van der Waals surface area contributed by atoms with Crippen LogP contribution in [0.1, 0.15) is 36.9 Å². The molecule has 0 aliphatic carbocycles. The van der Waals surface area contributed by atoms with Gasteiger partial charge in [-0.3, -0.25) is 14.4 Å². The van der Waals surface area contributed by atoms with E-state index in [-0.39, 0.29) is 24.3 Å². The molecule has 0 saturated carbocycles. The van der Waals surface area contributed by atoms with Gasteiger partial charge in [0.15, 0.2) is 0 Å². The largest absolute Gasteiger partial charge is 0.342 e. The van der Waals surface area contributed by atoms with Gasteiger partial charge < -0.3 is 15.5 Å². The number of rotatable bonds is 5. The van der Waals surface area contributed by atoms with Crippen molar-refractivity contribution in [3.63, 3.8) is 0 Å². The molecule has 0 atom stereocenters. The third-order valence-corrected chi connectivity index (χ3v) is 6.27. The standard InChI is InChI=1S/C24H22FN3O3S/c1-15-7-12-21(32-15)24(31)26-14-22(29)28-13-3-4-18-19(5-2-6-20(18)28)27-23(30)16-8-10-17(25)11-9-16/h2,5-12H,3-4,13-14H2,1H3,(H,26,31)(H,27,30). The number of anilines is 2. The van der Waals surface area contributed by atoms with Crippen LogP contribution in [0.2, 0.25) is 0 Å². The minimum absolute atomic E-state index is 0.110. The summed E-state index contributed by atoms with van der Waals surface area (Å²) in [6.45, 7) is 2.35. The molecule has 3 amide bonds. The molecule has 0 bridgehead atoms. The summed E-state index contributed by atoms with van der Waals surface area (Å²) in [5.41, 5.74) is 2.55. The highest BCUT2D eigenvalue weighted by Crippen LogP contribution is 2.33. The first kappa shape index (κ1) is 21.7. The molecule has 0 fully saturated rings. The zero-order chi connectivity index (χ0) is 22.7. The Kier molecular flexibility index (Phi) is 6.32. The summed E-state index contributed by atoms with van der Waals surface area (Å²) in [6.07, 6.45) is 1.44. The lowest BCUT2D eigenvalue weighted by atomic mass is 9.99. The van der Waals surface area contributed by atoms with E-state index in [0.29, 0.717) is 29.1 Å². The number of carbonyl (C=O) groups is 3. The minimum Gasteiger partial charge on any atom is -0.342 e. The molecule has 0 radical (unpaired) electrons. The molecule has 2 N–H and O–H groups in total. The molecule has 6 nitrogen and oxygen atoms in total. The van der Waals surface area contributed by atoms with Crippen LogP contribution >= 0.6 is 11.3 Å². The van der Waals surface area contributed by atoms with Crippen molar-refractivity contribution in [2.24, 2.45) is 0 Å². The zero-order valence-corrected chi connectivity index (χ0v) is 18.3. The van der Waals surface area contributed by atoms with Gasteiger partial charge in [0.2, 0.25) is 5.91 Å². The zero-order valence-electron chi connectivity index (χ0n) is 17.5. The van der Waals surface area contributed by atoms with Crippen LogP contribution in [-0.2, 0) is 11.2 Å². The van der Waals surface area contributed by atoms with Crippen molar-refractivity contribution >= 4 is 40.4 Å². The molecule has 1 aliphatic rings. The number of aryl methyl sites for hydroxylation is 1. The summed E-state index contributed by atoms with van der Waals surface area (Å²) in [5.74, 6) is -1.24. The first-order valence-corrected chi connectivity index (χ1v) is 11.1. The topological polar surface area (TPSA) is 78.5 Å². The van der Waals surface area contributed by atoms with Gasteiger partial charge in [-0.1, -0.05) is 6.07 Å². The Morgan fingerprint density at radius 1 is 1.03 bits per heavy atom. The maximum atomic E-state index is 13.1. The Hall–Kier alpha value is -3.52. The van der Waals surface area contributed by atoms with Gasteiger partial charge in [0.05, 0.1) is 11.4 Å². The number of hydrogen-bond acceptors (Lipinski definition) is 4. The second kappa shape index (κ2) is 9.32. The Morgan fingerprint density at radius 3 is 2.53 bits per heavy atom. The third-order valence-electron chi connectivity index (χ3n) is 5.27. The lowest BCUT2D eigenvalue weighted by Crippen LogP contribution is -2.42. The Balaban J connectivity index is 1.47. The Labute approximate surface area is 189 Å². The number of halogens is 1. The van der Waals surface area contributed by atoms with E-state index in [0.717, 1.165) is 22.5 Å². The highest BCUT2D eigenvalue weighted by molar-refractivity contribution is 7.13. The van der Waals surface area contributed by atoms with Crippen LogP contribution in [-0.4, -0.2) is 30.8 Å². The molecule has 0 unspecified atom stereocenters. The second-order valence-corrected chi connectivity index (χ2v) is 8.79. The Morgan fingerprint density at radius 2 is 1.81 bits per heavy atom. The summed E-state index contributed by atoms with van der Waals surface area (Å²) in [6, 6.07) is 14.3. The quantitative estimate of drug-likeness (QED) is 0.612. The molecule has 1 aromatic heterocycles. The summed E-state index contributed by atoms with van der Waals surface area (Å²) < 4.78 is 13.1. The fourth-order valence-electron chi connectivity index (χ4n) is 3.69. The number of carbonyl (C=O) groups excluding carboxylic acids is 3. The predicted octanol–water partition coefficient (Wildman–Crippen LogP) is 4.16. The maximum Gasteiger partial charge on any atom is 0.261 e. The minimum atomic E-state index is -0.408. The molecule has 0 spiro atoms. The summed E-state index contributed by atoms with van der Waals surface area (Å²) in [5, 5.41) is 5.56. The van der Waals surface area contributed by atoms with Gasteiger partial charge in [0, 0.05) is 28.4 Å². The molecular formula is C24H22FN3O3S. The van der Waals surface area contributed by atoms with E-state index in [1.807, 2.05) is 19.1 Å². The molecule has 164 valence electrons. The average molecular weight is 452 g/mol. The average Bonchev–Trinajstić information content (AvgIpc) is 3.24. The molecule has 2 heterocycles. The first-order chi connectivity index (χ1) is 15.4. The van der Waals surface area contributed by atoms with Crippen molar-refractivity contribution in [1.82, 2.24) is 5.32 Å². The summed E-state index contributed by atoms with van der Waals surface area (Å²) in [4.78, 5) is 41.0. The molecule has 4 rings (SSSR count). The first-order valence-electron chi connectivity index (χ1n) is 10.3. The molecule has 3 aromatic rings. The number of thiophene rings is 1. The lowest BCUT2D eigenvalue weighted by molar-refractivity contribution is -0.117. The highest BCUT2D eigenvalue weighted by atomic mass is 32.1. The van der Waals surface area contributed by atoms with Gasteiger partial charge in [0.1, 0.15) is 5.82 Å². The summed E-state index contributed by atoms with van der Waals surface area (Å²) in [7, 11) is 0. The highest BCUT2D eigenvalue weighted by Gasteiger charge is 2.25. The van der Waals surface area contributed by atoms with Crippen LogP contribution in [0, 0.1) is 12.7 Å². The van der Waals surface area contributed by atoms with Crippen molar-refractivity contribution in [2.45, 2.75) is 19.8 Å². The lowest BCUT2D eigenvalue weighted by Gasteiger charge is -2.31. The SMILES string of the molecule is Cc1ccc(C(=O)NCC(=O)N2CCCc3c(NC(=O)c4ccc(F)cc4)cccc32)s1. The molecule has 1 aliphatic heterocycles. The van der Waals surface area contributed by atoms with Gasteiger partial charge in [-0.2, -0.15) is 0 Å². The number of benzene rings is 2. The van der Waals surface area contributed by atoms with Crippen molar-refractivity contribution in [3.05, 3.63) is 81.3 Å². The van der Waals surface area contributed by atoms with E-state index < -0.39 is 5.82 Å². The number of nitrogens with zero attached hydrogens (tertiary/aromatic N) is 1. The van der Waals surface area contributed by atoms with Crippen LogP contribution in [0.15, 0.2) is 54.6 Å². The molecule has 32 heavy (non-hydrogen) atoms. The van der Waals surface area contributed by atoms with Crippen LogP contribution in [0.3, 0.4) is 0 Å². The van der Waals surface area contributed by atoms with Gasteiger partial charge in [-0.25, -0.2) is 4.39 Å². The molecule has 2 aromatic carbocycles. The van der Waals surface area contributed by atoms with E-state index in [4.69, 9.17) is 0 Å². The van der Waals surface area contributed by atoms with Crippen LogP contribution in [0.4, 0.5) is 15.8 Å². The van der Waals surface area contributed by atoms with Gasteiger partial charge >= 0.3 is 0 Å². The van der Waals surface area contributed by atoms with Gasteiger partial charge in [0.25, 0.3) is 11.8 Å². The Bertz CT molecular complexity index is 1170. The number of amides is 3. The van der Waals surface area contributed by atoms with E-state index in [1.54, 1.807) is 23.1 Å². The van der Waals surface area contributed by atoms with Crippen molar-refractivity contribution < 1.29 is 18.8 Å². The smallest absolute Gasteiger partial charge is 0.261 e. The predicted molar refractivity (Wildman–Crippen MR) is 123 cm³/mol. The van der Waals surface area contributed by atoms with E-state index in [2.05, 4.69) is 10.6 Å². The fourth-order valence-corrected chi connectivity index (χ4v) is 4.48. The van der Waals surface area contributed by atoms with Crippen LogP contribution < -0.4 is 15.5 Å². The normalized spacial score (nSPS) is 12.8. The second-order valence-electron chi connectivity index (χ2n) is 7.51. The van der Waals surface area contributed by atoms with E-state index in [1.165, 1.54) is 35.6 Å². The summed E-state index contributed by atoms with van der Waals surface area (Å²) >= 11 is 1.38. The maximum absolute atomic E-state index is 13.1. The van der Waals surface area contributed by atoms with Gasteiger partial charge in [-0.15, -0.1) is 11.3 Å². The molecular weight excluding hydrogens is 429 g/mol.